The first-order valence-electron chi connectivity index (χ1n) is 5.62. The number of imide groups is 1. The second-order valence-corrected chi connectivity index (χ2v) is 4.67. The van der Waals surface area contributed by atoms with E-state index in [2.05, 4.69) is 5.32 Å². The molecular weight excluding hydrogens is 224 g/mol. The molecule has 1 saturated heterocycles. The molecule has 0 aliphatic carbocycles. The van der Waals surface area contributed by atoms with Crippen molar-refractivity contribution in [3.8, 4) is 0 Å². The third kappa shape index (κ3) is 3.76. The van der Waals surface area contributed by atoms with Crippen molar-refractivity contribution in [2.24, 2.45) is 0 Å². The summed E-state index contributed by atoms with van der Waals surface area (Å²) in [5.74, 6) is -0.429. The Hall–Kier alpha value is -0.980. The summed E-state index contributed by atoms with van der Waals surface area (Å²) in [6.45, 7) is 2.38. The minimum Gasteiger partial charge on any atom is -0.389 e. The standard InChI is InChI=1S/C11H20N2O4/c1-11(16,4-5-17-3)7-12-8-6-9(14)13(2)10(8)15/h8,12,16H,4-7H2,1-3H3. The number of likely N-dealkylation sites (N-methyl/N-ethyl adjacent to an activating group) is 1. The quantitative estimate of drug-likeness (QED) is 0.593. The smallest absolute Gasteiger partial charge is 0.246 e. The van der Waals surface area contributed by atoms with Crippen LogP contribution in [0.2, 0.25) is 0 Å². The Morgan fingerprint density at radius 3 is 2.71 bits per heavy atom. The van der Waals surface area contributed by atoms with Crippen LogP contribution >= 0.6 is 0 Å². The first-order valence-corrected chi connectivity index (χ1v) is 5.62. The van der Waals surface area contributed by atoms with Gasteiger partial charge in [0.2, 0.25) is 11.8 Å². The van der Waals surface area contributed by atoms with Crippen LogP contribution in [0.5, 0.6) is 0 Å². The molecule has 1 heterocycles. The van der Waals surface area contributed by atoms with Crippen LogP contribution < -0.4 is 5.32 Å². The molecule has 1 rings (SSSR count). The lowest BCUT2D eigenvalue weighted by Crippen LogP contribution is -2.46. The SMILES string of the molecule is COCCC(C)(O)CNC1CC(=O)N(C)C1=O. The number of likely N-dealkylation sites (tertiary alicyclic amines) is 1. The Balaban J connectivity index is 2.41. The lowest BCUT2D eigenvalue weighted by Gasteiger charge is -2.24. The number of nitrogens with zero attached hydrogens (tertiary/aromatic N) is 1. The zero-order chi connectivity index (χ0) is 13.1. The minimum absolute atomic E-state index is 0.162. The number of nitrogens with one attached hydrogen (secondary N) is 1. The van der Waals surface area contributed by atoms with Gasteiger partial charge in [0, 0.05) is 33.7 Å². The molecule has 0 radical (unpaired) electrons. The summed E-state index contributed by atoms with van der Waals surface area (Å²) in [4.78, 5) is 24.0. The number of rotatable bonds is 6. The van der Waals surface area contributed by atoms with Crippen molar-refractivity contribution in [3.63, 3.8) is 0 Å². The summed E-state index contributed by atoms with van der Waals surface area (Å²) in [6.07, 6.45) is 0.636. The molecule has 2 N–H and O–H groups in total. The summed E-state index contributed by atoms with van der Waals surface area (Å²) in [7, 11) is 3.03. The van der Waals surface area contributed by atoms with Gasteiger partial charge in [0.25, 0.3) is 0 Å². The highest BCUT2D eigenvalue weighted by Crippen LogP contribution is 2.13. The largest absolute Gasteiger partial charge is 0.389 e. The Kier molecular flexibility index (Phi) is 4.62. The normalized spacial score (nSPS) is 24.2. The molecule has 1 aliphatic heterocycles. The van der Waals surface area contributed by atoms with Gasteiger partial charge in [-0.15, -0.1) is 0 Å². The van der Waals surface area contributed by atoms with Gasteiger partial charge in [-0.1, -0.05) is 0 Å². The predicted molar refractivity (Wildman–Crippen MR) is 61.3 cm³/mol. The first kappa shape index (κ1) is 14.1. The Morgan fingerprint density at radius 1 is 1.59 bits per heavy atom. The van der Waals surface area contributed by atoms with Crippen molar-refractivity contribution >= 4 is 11.8 Å². The van der Waals surface area contributed by atoms with E-state index < -0.39 is 11.6 Å². The number of carbonyl (C=O) groups is 2. The van der Waals surface area contributed by atoms with Gasteiger partial charge < -0.3 is 15.2 Å². The lowest BCUT2D eigenvalue weighted by atomic mass is 10.0. The number of amides is 2. The number of methoxy groups -OCH3 is 1. The molecule has 6 nitrogen and oxygen atoms in total. The van der Waals surface area contributed by atoms with E-state index in [0.29, 0.717) is 13.0 Å². The summed E-state index contributed by atoms with van der Waals surface area (Å²) in [6, 6.07) is -0.512. The van der Waals surface area contributed by atoms with Gasteiger partial charge in [-0.05, 0) is 6.92 Å². The fourth-order valence-electron chi connectivity index (χ4n) is 1.67. The summed E-state index contributed by atoms with van der Waals surface area (Å²) in [5.41, 5.74) is -0.944. The average molecular weight is 244 g/mol. The third-order valence-corrected chi connectivity index (χ3v) is 2.96. The van der Waals surface area contributed by atoms with E-state index >= 15 is 0 Å². The molecule has 17 heavy (non-hydrogen) atoms. The van der Waals surface area contributed by atoms with E-state index in [1.54, 1.807) is 14.0 Å². The predicted octanol–water partition coefficient (Wildman–Crippen LogP) is -0.879. The molecule has 2 atom stereocenters. The maximum atomic E-state index is 11.6. The van der Waals surface area contributed by atoms with E-state index in [-0.39, 0.29) is 24.8 Å². The zero-order valence-corrected chi connectivity index (χ0v) is 10.5. The summed E-state index contributed by atoms with van der Waals surface area (Å²) < 4.78 is 4.89. The molecule has 98 valence electrons. The van der Waals surface area contributed by atoms with Crippen LogP contribution in [0.3, 0.4) is 0 Å². The van der Waals surface area contributed by atoms with Gasteiger partial charge in [0.1, 0.15) is 0 Å². The van der Waals surface area contributed by atoms with Crippen molar-refractivity contribution < 1.29 is 19.4 Å². The molecule has 0 aromatic rings. The number of ether oxygens (including phenoxy) is 1. The van der Waals surface area contributed by atoms with Crippen LogP contribution in [0, 0.1) is 0 Å². The first-order chi connectivity index (χ1) is 7.87. The second-order valence-electron chi connectivity index (χ2n) is 4.67. The maximum absolute atomic E-state index is 11.6. The third-order valence-electron chi connectivity index (χ3n) is 2.96. The summed E-state index contributed by atoms with van der Waals surface area (Å²) in [5, 5.41) is 12.9. The van der Waals surface area contributed by atoms with Crippen molar-refractivity contribution in [2.75, 3.05) is 27.3 Å². The van der Waals surface area contributed by atoms with E-state index in [4.69, 9.17) is 4.74 Å². The Labute approximate surface area is 101 Å². The molecule has 0 spiro atoms. The zero-order valence-electron chi connectivity index (χ0n) is 10.5. The van der Waals surface area contributed by atoms with Crippen LogP contribution in [-0.2, 0) is 14.3 Å². The fourth-order valence-corrected chi connectivity index (χ4v) is 1.67. The lowest BCUT2D eigenvalue weighted by molar-refractivity contribution is -0.137. The Bertz CT molecular complexity index is 304. The second kappa shape index (κ2) is 5.57. The average Bonchev–Trinajstić information content (AvgIpc) is 2.52. The maximum Gasteiger partial charge on any atom is 0.246 e. The van der Waals surface area contributed by atoms with Crippen molar-refractivity contribution in [1.29, 1.82) is 0 Å². The molecular formula is C11H20N2O4. The Morgan fingerprint density at radius 2 is 2.24 bits per heavy atom. The van der Waals surface area contributed by atoms with E-state index in [1.165, 1.54) is 7.05 Å². The molecule has 2 unspecified atom stereocenters. The van der Waals surface area contributed by atoms with E-state index in [0.717, 1.165) is 4.90 Å². The van der Waals surface area contributed by atoms with Crippen LogP contribution in [0.4, 0.5) is 0 Å². The van der Waals surface area contributed by atoms with Crippen LogP contribution in [0.25, 0.3) is 0 Å². The number of hydrogen-bond acceptors (Lipinski definition) is 5. The molecule has 1 fully saturated rings. The number of carbonyl (C=O) groups excluding carboxylic acids is 2. The van der Waals surface area contributed by atoms with Crippen molar-refractivity contribution in [1.82, 2.24) is 10.2 Å². The van der Waals surface area contributed by atoms with Gasteiger partial charge in [-0.3, -0.25) is 14.5 Å². The van der Waals surface area contributed by atoms with Crippen molar-refractivity contribution in [2.45, 2.75) is 31.4 Å². The topological polar surface area (TPSA) is 78.9 Å². The van der Waals surface area contributed by atoms with E-state index in [9.17, 15) is 14.7 Å². The van der Waals surface area contributed by atoms with Crippen molar-refractivity contribution in [3.05, 3.63) is 0 Å². The minimum atomic E-state index is -0.944. The van der Waals surface area contributed by atoms with Gasteiger partial charge >= 0.3 is 0 Å². The molecule has 6 heteroatoms. The molecule has 1 aliphatic rings. The fraction of sp³-hybridized carbons (Fsp3) is 0.818. The summed E-state index contributed by atoms with van der Waals surface area (Å²) >= 11 is 0. The van der Waals surface area contributed by atoms with Gasteiger partial charge in [-0.25, -0.2) is 0 Å². The van der Waals surface area contributed by atoms with Crippen LogP contribution in [-0.4, -0.2) is 60.8 Å². The molecule has 0 saturated carbocycles. The van der Waals surface area contributed by atoms with Crippen LogP contribution in [0.1, 0.15) is 19.8 Å². The highest BCUT2D eigenvalue weighted by Gasteiger charge is 2.36. The highest BCUT2D eigenvalue weighted by molar-refractivity contribution is 6.05. The van der Waals surface area contributed by atoms with Crippen LogP contribution in [0.15, 0.2) is 0 Å². The van der Waals surface area contributed by atoms with Gasteiger partial charge in [0.05, 0.1) is 18.1 Å². The molecule has 0 aromatic heterocycles. The van der Waals surface area contributed by atoms with E-state index in [1.807, 2.05) is 0 Å². The molecule has 0 aromatic carbocycles. The number of hydrogen-bond donors (Lipinski definition) is 2. The number of aliphatic hydroxyl groups is 1. The highest BCUT2D eigenvalue weighted by atomic mass is 16.5. The van der Waals surface area contributed by atoms with Gasteiger partial charge in [0.15, 0.2) is 0 Å². The van der Waals surface area contributed by atoms with Gasteiger partial charge in [-0.2, -0.15) is 0 Å². The monoisotopic (exact) mass is 244 g/mol. The molecule has 2 amide bonds. The molecule has 0 bridgehead atoms.